The van der Waals surface area contributed by atoms with Crippen LogP contribution in [0.4, 0.5) is 5.69 Å². The second kappa shape index (κ2) is 4.61. The third-order valence-electron chi connectivity index (χ3n) is 2.32. The highest BCUT2D eigenvalue weighted by Crippen LogP contribution is 2.20. The van der Waals surface area contributed by atoms with Crippen molar-refractivity contribution < 1.29 is 4.79 Å². The van der Waals surface area contributed by atoms with Gasteiger partial charge in [0, 0.05) is 24.5 Å². The topological polar surface area (TPSA) is 68.0 Å². The van der Waals surface area contributed by atoms with Gasteiger partial charge in [0.15, 0.2) is 0 Å². The lowest BCUT2D eigenvalue weighted by Gasteiger charge is -2.07. The fraction of sp³-hybridized carbons (Fsp3) is 0.167. The second-order valence-corrected chi connectivity index (χ2v) is 3.52. The molecule has 0 spiro atoms. The van der Waals surface area contributed by atoms with Gasteiger partial charge >= 0.3 is 0 Å². The SMILES string of the molecule is NC(=O)CCNc1cccc2cccnc12. The molecule has 0 atom stereocenters. The van der Waals surface area contributed by atoms with Gasteiger partial charge in [-0.2, -0.15) is 0 Å². The lowest BCUT2D eigenvalue weighted by atomic mass is 10.2. The number of hydrogen-bond acceptors (Lipinski definition) is 3. The zero-order valence-electron chi connectivity index (χ0n) is 8.81. The lowest BCUT2D eigenvalue weighted by molar-refractivity contribution is -0.117. The number of nitrogens with one attached hydrogen (secondary N) is 1. The Morgan fingerprint density at radius 1 is 1.31 bits per heavy atom. The van der Waals surface area contributed by atoms with Crippen LogP contribution in [0.15, 0.2) is 36.5 Å². The number of carbonyl (C=O) groups is 1. The highest BCUT2D eigenvalue weighted by Gasteiger charge is 2.01. The molecule has 0 bridgehead atoms. The molecule has 0 saturated heterocycles. The van der Waals surface area contributed by atoms with E-state index in [0.717, 1.165) is 16.6 Å². The average molecular weight is 215 g/mol. The molecule has 1 amide bonds. The summed E-state index contributed by atoms with van der Waals surface area (Å²) < 4.78 is 0. The number of hydrogen-bond donors (Lipinski definition) is 2. The Hall–Kier alpha value is -2.10. The van der Waals surface area contributed by atoms with Gasteiger partial charge in [-0.1, -0.05) is 18.2 Å². The average Bonchev–Trinajstić information content (AvgIpc) is 2.29. The number of pyridine rings is 1. The fourth-order valence-corrected chi connectivity index (χ4v) is 1.57. The van der Waals surface area contributed by atoms with E-state index < -0.39 is 0 Å². The molecule has 0 radical (unpaired) electrons. The molecule has 2 aromatic rings. The molecule has 4 nitrogen and oxygen atoms in total. The van der Waals surface area contributed by atoms with Gasteiger partial charge in [0.1, 0.15) is 0 Å². The van der Waals surface area contributed by atoms with Crippen molar-refractivity contribution in [1.82, 2.24) is 4.98 Å². The molecule has 0 saturated carbocycles. The summed E-state index contributed by atoms with van der Waals surface area (Å²) >= 11 is 0. The molecule has 2 rings (SSSR count). The summed E-state index contributed by atoms with van der Waals surface area (Å²) in [5, 5.41) is 4.23. The normalized spacial score (nSPS) is 10.2. The smallest absolute Gasteiger partial charge is 0.219 e. The Bertz CT molecular complexity index is 505. The quantitative estimate of drug-likeness (QED) is 0.812. The molecule has 1 aromatic heterocycles. The Balaban J connectivity index is 2.20. The fourth-order valence-electron chi connectivity index (χ4n) is 1.57. The van der Waals surface area contributed by atoms with E-state index in [1.165, 1.54) is 0 Å². The zero-order chi connectivity index (χ0) is 11.4. The van der Waals surface area contributed by atoms with Crippen LogP contribution < -0.4 is 11.1 Å². The number of rotatable bonds is 4. The van der Waals surface area contributed by atoms with Crippen molar-refractivity contribution in [2.45, 2.75) is 6.42 Å². The van der Waals surface area contributed by atoms with E-state index in [2.05, 4.69) is 10.3 Å². The first-order valence-electron chi connectivity index (χ1n) is 5.13. The third-order valence-corrected chi connectivity index (χ3v) is 2.32. The van der Waals surface area contributed by atoms with E-state index in [4.69, 9.17) is 5.73 Å². The van der Waals surface area contributed by atoms with Gasteiger partial charge in [-0.05, 0) is 12.1 Å². The number of fused-ring (bicyclic) bond motifs is 1. The minimum absolute atomic E-state index is 0.305. The van der Waals surface area contributed by atoms with Gasteiger partial charge in [-0.25, -0.2) is 0 Å². The molecule has 0 aliphatic carbocycles. The summed E-state index contributed by atoms with van der Waals surface area (Å²) in [4.78, 5) is 14.9. The Kier molecular flexibility index (Phi) is 3.00. The van der Waals surface area contributed by atoms with E-state index in [9.17, 15) is 4.79 Å². The van der Waals surface area contributed by atoms with E-state index >= 15 is 0 Å². The molecule has 0 fully saturated rings. The lowest BCUT2D eigenvalue weighted by Crippen LogP contribution is -2.15. The van der Waals surface area contributed by atoms with Gasteiger partial charge in [-0.15, -0.1) is 0 Å². The van der Waals surface area contributed by atoms with Crippen LogP contribution in [0.5, 0.6) is 0 Å². The molecule has 3 N–H and O–H groups in total. The summed E-state index contributed by atoms with van der Waals surface area (Å²) in [6.07, 6.45) is 2.07. The van der Waals surface area contributed by atoms with Crippen molar-refractivity contribution in [3.63, 3.8) is 0 Å². The Morgan fingerprint density at radius 2 is 2.12 bits per heavy atom. The van der Waals surface area contributed by atoms with Crippen LogP contribution in [-0.2, 0) is 4.79 Å². The largest absolute Gasteiger partial charge is 0.383 e. The zero-order valence-corrected chi connectivity index (χ0v) is 8.81. The Labute approximate surface area is 93.5 Å². The predicted octanol–water partition coefficient (Wildman–Crippen LogP) is 1.52. The first-order chi connectivity index (χ1) is 7.77. The van der Waals surface area contributed by atoms with Crippen molar-refractivity contribution in [1.29, 1.82) is 0 Å². The number of benzene rings is 1. The van der Waals surface area contributed by atoms with Crippen LogP contribution in [-0.4, -0.2) is 17.4 Å². The number of primary amides is 1. The highest BCUT2D eigenvalue weighted by molar-refractivity contribution is 5.90. The molecule has 1 aromatic carbocycles. The molecule has 16 heavy (non-hydrogen) atoms. The second-order valence-electron chi connectivity index (χ2n) is 3.52. The third kappa shape index (κ3) is 2.28. The summed E-state index contributed by atoms with van der Waals surface area (Å²) in [6.45, 7) is 0.533. The van der Waals surface area contributed by atoms with Gasteiger partial charge in [-0.3, -0.25) is 9.78 Å². The van der Waals surface area contributed by atoms with Gasteiger partial charge < -0.3 is 11.1 Å². The van der Waals surface area contributed by atoms with Gasteiger partial charge in [0.2, 0.25) is 5.91 Å². The molecule has 82 valence electrons. The number of aromatic nitrogens is 1. The van der Waals surface area contributed by atoms with Crippen molar-refractivity contribution in [2.24, 2.45) is 5.73 Å². The predicted molar refractivity (Wildman–Crippen MR) is 64.0 cm³/mol. The Morgan fingerprint density at radius 3 is 2.94 bits per heavy atom. The van der Waals surface area contributed by atoms with Crippen molar-refractivity contribution in [2.75, 3.05) is 11.9 Å². The number of para-hydroxylation sites is 1. The maximum Gasteiger partial charge on any atom is 0.219 e. The summed E-state index contributed by atoms with van der Waals surface area (Å²) in [7, 11) is 0. The minimum Gasteiger partial charge on any atom is -0.383 e. The molecule has 0 unspecified atom stereocenters. The monoisotopic (exact) mass is 215 g/mol. The highest BCUT2D eigenvalue weighted by atomic mass is 16.1. The van der Waals surface area contributed by atoms with Crippen LogP contribution in [0.2, 0.25) is 0 Å². The molecular weight excluding hydrogens is 202 g/mol. The molecule has 4 heteroatoms. The molecular formula is C12H13N3O. The van der Waals surface area contributed by atoms with Crippen molar-refractivity contribution in [3.05, 3.63) is 36.5 Å². The van der Waals surface area contributed by atoms with Crippen LogP contribution in [0, 0.1) is 0 Å². The summed E-state index contributed by atoms with van der Waals surface area (Å²) in [6, 6.07) is 9.80. The van der Waals surface area contributed by atoms with Gasteiger partial charge in [0.25, 0.3) is 0 Å². The van der Waals surface area contributed by atoms with E-state index in [0.29, 0.717) is 13.0 Å². The maximum atomic E-state index is 10.6. The maximum absolute atomic E-state index is 10.6. The minimum atomic E-state index is -0.305. The van der Waals surface area contributed by atoms with Crippen LogP contribution >= 0.6 is 0 Å². The standard InChI is InChI=1S/C12H13N3O/c13-11(16)6-8-14-10-5-1-3-9-4-2-7-15-12(9)10/h1-5,7,14H,6,8H2,(H2,13,16). The van der Waals surface area contributed by atoms with Crippen LogP contribution in [0.25, 0.3) is 10.9 Å². The van der Waals surface area contributed by atoms with Crippen LogP contribution in [0.3, 0.4) is 0 Å². The molecule has 0 aliphatic heterocycles. The number of nitrogens with zero attached hydrogens (tertiary/aromatic N) is 1. The van der Waals surface area contributed by atoms with Crippen molar-refractivity contribution in [3.8, 4) is 0 Å². The van der Waals surface area contributed by atoms with E-state index in [1.54, 1.807) is 6.20 Å². The first-order valence-corrected chi connectivity index (χ1v) is 5.13. The number of amides is 1. The number of anilines is 1. The number of carbonyl (C=O) groups excluding carboxylic acids is 1. The van der Waals surface area contributed by atoms with Gasteiger partial charge in [0.05, 0.1) is 11.2 Å². The molecule has 1 heterocycles. The molecule has 0 aliphatic rings. The van der Waals surface area contributed by atoms with Crippen molar-refractivity contribution >= 4 is 22.5 Å². The van der Waals surface area contributed by atoms with E-state index in [1.807, 2.05) is 30.3 Å². The van der Waals surface area contributed by atoms with E-state index in [-0.39, 0.29) is 5.91 Å². The number of nitrogens with two attached hydrogens (primary N) is 1. The first kappa shape index (κ1) is 10.4. The van der Waals surface area contributed by atoms with Crippen LogP contribution in [0.1, 0.15) is 6.42 Å². The summed E-state index contributed by atoms with van der Waals surface area (Å²) in [5.74, 6) is -0.305. The summed E-state index contributed by atoms with van der Waals surface area (Å²) in [5.41, 5.74) is 6.92.